The second kappa shape index (κ2) is 5.05. The van der Waals surface area contributed by atoms with E-state index < -0.39 is 20.0 Å². The Morgan fingerprint density at radius 2 is 1.95 bits per heavy atom. The number of nitrogens with two attached hydrogens (primary N) is 1. The molecule has 1 aromatic carbocycles. The molecule has 1 aromatic heterocycles. The molecule has 0 fully saturated rings. The molecule has 0 radical (unpaired) electrons. The van der Waals surface area contributed by atoms with Crippen molar-refractivity contribution < 1.29 is 16.8 Å². The van der Waals surface area contributed by atoms with Crippen LogP contribution in [0, 0.1) is 0 Å². The maximum Gasteiger partial charge on any atom is 0.274 e. The van der Waals surface area contributed by atoms with Crippen LogP contribution in [0.15, 0.2) is 44.8 Å². The zero-order chi connectivity index (χ0) is 16.1. The summed E-state index contributed by atoms with van der Waals surface area (Å²) in [6, 6.07) is 7.25. The Morgan fingerprint density at radius 1 is 1.23 bits per heavy atom. The molecule has 2 heterocycles. The lowest BCUT2D eigenvalue weighted by Crippen LogP contribution is -2.35. The van der Waals surface area contributed by atoms with Crippen LogP contribution in [-0.2, 0) is 26.5 Å². The van der Waals surface area contributed by atoms with Crippen molar-refractivity contribution in [2.45, 2.75) is 28.5 Å². The summed E-state index contributed by atoms with van der Waals surface area (Å²) < 4.78 is 50.0. The van der Waals surface area contributed by atoms with Gasteiger partial charge in [0.05, 0.1) is 10.6 Å². The lowest BCUT2D eigenvalue weighted by molar-refractivity contribution is 0.586. The highest BCUT2D eigenvalue weighted by Crippen LogP contribution is 2.38. The van der Waals surface area contributed by atoms with Gasteiger partial charge in [-0.05, 0) is 48.6 Å². The number of benzene rings is 1. The van der Waals surface area contributed by atoms with Crippen molar-refractivity contribution in [3.63, 3.8) is 0 Å². The Morgan fingerprint density at radius 3 is 2.55 bits per heavy atom. The number of primary sulfonamides is 1. The summed E-state index contributed by atoms with van der Waals surface area (Å²) in [4.78, 5) is -0.00572. The summed E-state index contributed by atoms with van der Waals surface area (Å²) in [5, 5.41) is 6.83. The van der Waals surface area contributed by atoms with Crippen LogP contribution in [0.2, 0.25) is 0 Å². The maximum atomic E-state index is 12.7. The van der Waals surface area contributed by atoms with Crippen molar-refractivity contribution in [1.29, 1.82) is 0 Å². The van der Waals surface area contributed by atoms with E-state index in [2.05, 4.69) is 0 Å². The van der Waals surface area contributed by atoms with Crippen molar-refractivity contribution in [2.75, 3.05) is 4.31 Å². The number of anilines is 1. The lowest BCUT2D eigenvalue weighted by Gasteiger charge is -2.23. The van der Waals surface area contributed by atoms with Gasteiger partial charge in [-0.15, -0.1) is 11.3 Å². The SMILES string of the molecule is CC1Cc2cc(S(N)(=O)=O)ccc2N1S(=O)(=O)c1cccs1. The number of hydrogen-bond donors (Lipinski definition) is 1. The van der Waals surface area contributed by atoms with Gasteiger partial charge < -0.3 is 0 Å². The van der Waals surface area contributed by atoms with Gasteiger partial charge in [-0.1, -0.05) is 6.07 Å². The molecule has 0 saturated heterocycles. The topological polar surface area (TPSA) is 97.5 Å². The predicted octanol–water partition coefficient (Wildman–Crippen LogP) is 1.54. The van der Waals surface area contributed by atoms with Crippen LogP contribution in [0.1, 0.15) is 12.5 Å². The van der Waals surface area contributed by atoms with E-state index in [1.807, 2.05) is 0 Å². The van der Waals surface area contributed by atoms with Gasteiger partial charge in [0.25, 0.3) is 10.0 Å². The monoisotopic (exact) mass is 358 g/mol. The van der Waals surface area contributed by atoms with Crippen LogP contribution in [0.4, 0.5) is 5.69 Å². The largest absolute Gasteiger partial charge is 0.274 e. The predicted molar refractivity (Wildman–Crippen MR) is 85.0 cm³/mol. The molecule has 118 valence electrons. The third-order valence-corrected chi connectivity index (χ3v) is 7.75. The number of fused-ring (bicyclic) bond motifs is 1. The van der Waals surface area contributed by atoms with E-state index >= 15 is 0 Å². The van der Waals surface area contributed by atoms with E-state index in [0.717, 1.165) is 11.3 Å². The van der Waals surface area contributed by atoms with E-state index in [4.69, 9.17) is 5.14 Å². The molecule has 1 unspecified atom stereocenters. The Kier molecular flexibility index (Phi) is 3.55. The first-order valence-electron chi connectivity index (χ1n) is 6.45. The van der Waals surface area contributed by atoms with Crippen molar-refractivity contribution in [1.82, 2.24) is 0 Å². The van der Waals surface area contributed by atoms with Crippen LogP contribution < -0.4 is 9.44 Å². The molecular weight excluding hydrogens is 344 g/mol. The molecule has 1 aliphatic heterocycles. The van der Waals surface area contributed by atoms with Gasteiger partial charge >= 0.3 is 0 Å². The minimum absolute atomic E-state index is 0.00572. The van der Waals surface area contributed by atoms with Crippen LogP contribution in [0.5, 0.6) is 0 Å². The summed E-state index contributed by atoms with van der Waals surface area (Å²) in [6.07, 6.45) is 0.448. The molecule has 9 heteroatoms. The molecule has 0 amide bonds. The molecule has 0 aliphatic carbocycles. The number of nitrogens with zero attached hydrogens (tertiary/aromatic N) is 1. The molecular formula is C13H14N2O4S3. The fraction of sp³-hybridized carbons (Fsp3) is 0.231. The first-order valence-corrected chi connectivity index (χ1v) is 10.3. The van der Waals surface area contributed by atoms with Crippen molar-refractivity contribution in [3.05, 3.63) is 41.3 Å². The van der Waals surface area contributed by atoms with Gasteiger partial charge in [-0.2, -0.15) is 0 Å². The smallest absolute Gasteiger partial charge is 0.262 e. The Labute approximate surface area is 133 Å². The van der Waals surface area contributed by atoms with E-state index in [1.54, 1.807) is 24.4 Å². The van der Waals surface area contributed by atoms with Gasteiger partial charge in [0.15, 0.2) is 0 Å². The van der Waals surface area contributed by atoms with E-state index in [-0.39, 0.29) is 15.1 Å². The quantitative estimate of drug-likeness (QED) is 0.900. The normalized spacial score (nSPS) is 18.5. The zero-order valence-corrected chi connectivity index (χ0v) is 14.1. The third kappa shape index (κ3) is 2.43. The highest BCUT2D eigenvalue weighted by Gasteiger charge is 2.37. The minimum atomic E-state index is -3.80. The molecule has 0 bridgehead atoms. The Balaban J connectivity index is 2.12. The molecule has 22 heavy (non-hydrogen) atoms. The Bertz CT molecular complexity index is 918. The van der Waals surface area contributed by atoms with E-state index in [0.29, 0.717) is 17.7 Å². The molecule has 2 aromatic rings. The van der Waals surface area contributed by atoms with Crippen LogP contribution in [0.3, 0.4) is 0 Å². The fourth-order valence-corrected chi connectivity index (χ4v) is 5.97. The molecule has 0 spiro atoms. The number of hydrogen-bond acceptors (Lipinski definition) is 5. The first-order chi connectivity index (χ1) is 10.2. The van der Waals surface area contributed by atoms with Gasteiger partial charge in [0.2, 0.25) is 10.0 Å². The average molecular weight is 358 g/mol. The number of rotatable bonds is 3. The summed E-state index contributed by atoms with van der Waals surface area (Å²) in [7, 11) is -7.44. The Hall–Kier alpha value is -1.42. The van der Waals surface area contributed by atoms with Crippen LogP contribution in [0.25, 0.3) is 0 Å². The maximum absolute atomic E-state index is 12.7. The average Bonchev–Trinajstić information content (AvgIpc) is 3.03. The summed E-state index contributed by atoms with van der Waals surface area (Å²) in [5.41, 5.74) is 1.17. The third-order valence-electron chi connectivity index (χ3n) is 3.54. The minimum Gasteiger partial charge on any atom is -0.262 e. The second-order valence-corrected chi connectivity index (χ2v) is 9.67. The van der Waals surface area contributed by atoms with E-state index in [1.165, 1.54) is 22.5 Å². The molecule has 6 nitrogen and oxygen atoms in total. The molecule has 3 rings (SSSR count). The van der Waals surface area contributed by atoms with Crippen molar-refractivity contribution in [2.24, 2.45) is 5.14 Å². The van der Waals surface area contributed by atoms with Crippen LogP contribution >= 0.6 is 11.3 Å². The standard InChI is InChI=1S/C13H14N2O4S3/c1-9-7-10-8-11(21(14,16)17)4-5-12(10)15(9)22(18,19)13-3-2-6-20-13/h2-6,8-9H,7H2,1H3,(H2,14,16,17). The van der Waals surface area contributed by atoms with E-state index in [9.17, 15) is 16.8 Å². The molecule has 2 N–H and O–H groups in total. The first kappa shape index (κ1) is 15.5. The van der Waals surface area contributed by atoms with Crippen molar-refractivity contribution >= 4 is 37.1 Å². The van der Waals surface area contributed by atoms with Crippen molar-refractivity contribution in [3.8, 4) is 0 Å². The highest BCUT2D eigenvalue weighted by atomic mass is 32.2. The molecule has 1 aliphatic rings. The van der Waals surface area contributed by atoms with Gasteiger partial charge in [0.1, 0.15) is 4.21 Å². The zero-order valence-electron chi connectivity index (χ0n) is 11.6. The summed E-state index contributed by atoms with van der Waals surface area (Å²) in [6.45, 7) is 1.79. The molecule has 0 saturated carbocycles. The second-order valence-electron chi connectivity index (χ2n) is 5.12. The molecule has 1 atom stereocenters. The number of thiophene rings is 1. The van der Waals surface area contributed by atoms with Crippen LogP contribution in [-0.4, -0.2) is 22.9 Å². The van der Waals surface area contributed by atoms with Gasteiger partial charge in [-0.25, -0.2) is 22.0 Å². The highest BCUT2D eigenvalue weighted by molar-refractivity contribution is 7.94. The summed E-state index contributed by atoms with van der Waals surface area (Å²) in [5.74, 6) is 0. The number of sulfonamides is 2. The fourth-order valence-electron chi connectivity index (χ4n) is 2.63. The van der Waals surface area contributed by atoms with Gasteiger partial charge in [-0.3, -0.25) is 4.31 Å². The van der Waals surface area contributed by atoms with Gasteiger partial charge in [0, 0.05) is 6.04 Å². The lowest BCUT2D eigenvalue weighted by atomic mass is 10.1. The summed E-state index contributed by atoms with van der Waals surface area (Å²) >= 11 is 1.16.